The molecule has 6 heteroatoms. The molecule has 0 aliphatic heterocycles. The molecule has 0 bridgehead atoms. The Morgan fingerprint density at radius 2 is 2.05 bits per heavy atom. The molecule has 0 amide bonds. The molecule has 1 aromatic carbocycles. The normalized spacial score (nSPS) is 10.7. The van der Waals surface area contributed by atoms with Crippen LogP contribution in [0.1, 0.15) is 11.3 Å². The summed E-state index contributed by atoms with van der Waals surface area (Å²) in [5.41, 5.74) is 1.89. The zero-order chi connectivity index (χ0) is 13.8. The van der Waals surface area contributed by atoms with Gasteiger partial charge in [-0.2, -0.15) is 5.10 Å². The van der Waals surface area contributed by atoms with E-state index in [9.17, 15) is 5.11 Å². The summed E-state index contributed by atoms with van der Waals surface area (Å²) in [6, 6.07) is 7.39. The standard InChI is InChI=1S/C13H15ClN2O3/c1-18-8-10-9(7-17)13(14)16(15-10)11-5-3-4-6-12(11)19-2/h3-6,17H,7-8H2,1-2H3. The van der Waals surface area contributed by atoms with E-state index in [1.165, 1.54) is 0 Å². The highest BCUT2D eigenvalue weighted by atomic mass is 35.5. The molecule has 2 rings (SSSR count). The van der Waals surface area contributed by atoms with E-state index < -0.39 is 0 Å². The molecule has 0 aliphatic rings. The van der Waals surface area contributed by atoms with Crippen molar-refractivity contribution in [1.29, 1.82) is 0 Å². The van der Waals surface area contributed by atoms with Gasteiger partial charge in [-0.05, 0) is 12.1 Å². The summed E-state index contributed by atoms with van der Waals surface area (Å²) >= 11 is 6.26. The lowest BCUT2D eigenvalue weighted by atomic mass is 10.2. The third-order valence-electron chi connectivity index (χ3n) is 2.76. The predicted octanol–water partition coefficient (Wildman–Crippen LogP) is 2.17. The first-order valence-electron chi connectivity index (χ1n) is 5.72. The molecule has 0 unspecified atom stereocenters. The minimum Gasteiger partial charge on any atom is -0.494 e. The smallest absolute Gasteiger partial charge is 0.144 e. The number of hydrogen-bond acceptors (Lipinski definition) is 4. The second-order valence-corrected chi connectivity index (χ2v) is 4.25. The van der Waals surface area contributed by atoms with Gasteiger partial charge in [0.05, 0.1) is 26.0 Å². The van der Waals surface area contributed by atoms with E-state index in [1.54, 1.807) is 18.9 Å². The molecule has 0 fully saturated rings. The number of para-hydroxylation sites is 2. The third-order valence-corrected chi connectivity index (χ3v) is 3.14. The predicted molar refractivity (Wildman–Crippen MR) is 71.8 cm³/mol. The highest BCUT2D eigenvalue weighted by molar-refractivity contribution is 6.30. The first-order chi connectivity index (χ1) is 9.22. The van der Waals surface area contributed by atoms with Crippen LogP contribution in [0.5, 0.6) is 5.75 Å². The summed E-state index contributed by atoms with van der Waals surface area (Å²) in [5.74, 6) is 0.653. The van der Waals surface area contributed by atoms with Gasteiger partial charge in [-0.1, -0.05) is 23.7 Å². The Morgan fingerprint density at radius 3 is 2.68 bits per heavy atom. The first-order valence-corrected chi connectivity index (χ1v) is 6.10. The topological polar surface area (TPSA) is 56.5 Å². The zero-order valence-corrected chi connectivity index (χ0v) is 11.5. The average molecular weight is 283 g/mol. The average Bonchev–Trinajstić information content (AvgIpc) is 2.75. The van der Waals surface area contributed by atoms with Crippen LogP contribution in [0.25, 0.3) is 5.69 Å². The van der Waals surface area contributed by atoms with E-state index in [4.69, 9.17) is 21.1 Å². The Morgan fingerprint density at radius 1 is 1.32 bits per heavy atom. The molecular formula is C13H15ClN2O3. The highest BCUT2D eigenvalue weighted by Gasteiger charge is 2.18. The lowest BCUT2D eigenvalue weighted by Gasteiger charge is -2.08. The van der Waals surface area contributed by atoms with Crippen molar-refractivity contribution in [3.8, 4) is 11.4 Å². The molecule has 0 aliphatic carbocycles. The molecule has 1 heterocycles. The van der Waals surface area contributed by atoms with Crippen LogP contribution in [0.2, 0.25) is 5.15 Å². The number of hydrogen-bond donors (Lipinski definition) is 1. The lowest BCUT2D eigenvalue weighted by molar-refractivity contribution is 0.178. The number of aliphatic hydroxyl groups is 1. The van der Waals surface area contributed by atoms with E-state index >= 15 is 0 Å². The van der Waals surface area contributed by atoms with Gasteiger partial charge in [0.15, 0.2) is 0 Å². The van der Waals surface area contributed by atoms with Crippen molar-refractivity contribution in [2.45, 2.75) is 13.2 Å². The van der Waals surface area contributed by atoms with E-state index in [1.807, 2.05) is 24.3 Å². The Balaban J connectivity index is 2.56. The fraction of sp³-hybridized carbons (Fsp3) is 0.308. The van der Waals surface area contributed by atoms with Gasteiger partial charge in [0, 0.05) is 12.7 Å². The van der Waals surface area contributed by atoms with Gasteiger partial charge >= 0.3 is 0 Å². The van der Waals surface area contributed by atoms with Crippen molar-refractivity contribution >= 4 is 11.6 Å². The molecule has 0 saturated heterocycles. The molecular weight excluding hydrogens is 268 g/mol. The minimum absolute atomic E-state index is 0.188. The van der Waals surface area contributed by atoms with Gasteiger partial charge in [-0.15, -0.1) is 0 Å². The monoisotopic (exact) mass is 282 g/mol. The van der Waals surface area contributed by atoms with E-state index in [0.717, 1.165) is 0 Å². The molecule has 2 aromatic rings. The summed E-state index contributed by atoms with van der Waals surface area (Å²) in [4.78, 5) is 0. The van der Waals surface area contributed by atoms with Crippen LogP contribution in [-0.4, -0.2) is 29.1 Å². The second-order valence-electron chi connectivity index (χ2n) is 3.89. The highest BCUT2D eigenvalue weighted by Crippen LogP contribution is 2.29. The van der Waals surface area contributed by atoms with Gasteiger partial charge in [-0.3, -0.25) is 0 Å². The lowest BCUT2D eigenvalue weighted by Crippen LogP contribution is -2.00. The van der Waals surface area contributed by atoms with Crippen molar-refractivity contribution in [1.82, 2.24) is 9.78 Å². The van der Waals surface area contributed by atoms with E-state index in [-0.39, 0.29) is 13.2 Å². The maximum Gasteiger partial charge on any atom is 0.144 e. The molecule has 1 N–H and O–H groups in total. The fourth-order valence-electron chi connectivity index (χ4n) is 1.85. The first kappa shape index (κ1) is 13.9. The molecule has 0 radical (unpaired) electrons. The molecule has 0 spiro atoms. The van der Waals surface area contributed by atoms with Crippen molar-refractivity contribution in [3.05, 3.63) is 40.7 Å². The van der Waals surface area contributed by atoms with Crippen molar-refractivity contribution in [2.24, 2.45) is 0 Å². The third kappa shape index (κ3) is 2.58. The van der Waals surface area contributed by atoms with Crippen LogP contribution >= 0.6 is 11.6 Å². The molecule has 5 nitrogen and oxygen atoms in total. The Hall–Kier alpha value is -1.56. The second kappa shape index (κ2) is 6.06. The number of ether oxygens (including phenoxy) is 2. The Kier molecular flexibility index (Phi) is 4.42. The van der Waals surface area contributed by atoms with Crippen molar-refractivity contribution in [3.63, 3.8) is 0 Å². The van der Waals surface area contributed by atoms with Crippen molar-refractivity contribution < 1.29 is 14.6 Å². The molecule has 102 valence electrons. The van der Waals surface area contributed by atoms with Crippen LogP contribution < -0.4 is 4.74 Å². The number of halogens is 1. The molecule has 0 atom stereocenters. The number of nitrogens with zero attached hydrogens (tertiary/aromatic N) is 2. The van der Waals surface area contributed by atoms with Gasteiger partial charge in [0.2, 0.25) is 0 Å². The van der Waals surface area contributed by atoms with Gasteiger partial charge in [0.25, 0.3) is 0 Å². The minimum atomic E-state index is -0.188. The van der Waals surface area contributed by atoms with E-state index in [0.29, 0.717) is 27.8 Å². The van der Waals surface area contributed by atoms with E-state index in [2.05, 4.69) is 5.10 Å². The number of rotatable bonds is 5. The SMILES string of the molecule is COCc1nn(-c2ccccc2OC)c(Cl)c1CO. The molecule has 1 aromatic heterocycles. The summed E-state index contributed by atoms with van der Waals surface area (Å²) in [5, 5.41) is 14.1. The number of benzene rings is 1. The Labute approximate surface area is 116 Å². The fourth-order valence-corrected chi connectivity index (χ4v) is 2.14. The Bertz CT molecular complexity index is 569. The van der Waals surface area contributed by atoms with Crippen LogP contribution in [-0.2, 0) is 18.0 Å². The summed E-state index contributed by atoms with van der Waals surface area (Å²) < 4.78 is 11.9. The van der Waals surface area contributed by atoms with Crippen LogP contribution in [0, 0.1) is 0 Å². The summed E-state index contributed by atoms with van der Waals surface area (Å²) in [6.07, 6.45) is 0. The van der Waals surface area contributed by atoms with Gasteiger partial charge < -0.3 is 14.6 Å². The van der Waals surface area contributed by atoms with Crippen LogP contribution in [0.15, 0.2) is 24.3 Å². The number of aliphatic hydroxyl groups excluding tert-OH is 1. The number of methoxy groups -OCH3 is 2. The number of aromatic nitrogens is 2. The van der Waals surface area contributed by atoms with Crippen molar-refractivity contribution in [2.75, 3.05) is 14.2 Å². The molecule has 19 heavy (non-hydrogen) atoms. The summed E-state index contributed by atoms with van der Waals surface area (Å²) in [7, 11) is 3.15. The summed E-state index contributed by atoms with van der Waals surface area (Å²) in [6.45, 7) is 0.102. The van der Waals surface area contributed by atoms with Gasteiger partial charge in [0.1, 0.15) is 16.6 Å². The largest absolute Gasteiger partial charge is 0.494 e. The molecule has 0 saturated carbocycles. The zero-order valence-electron chi connectivity index (χ0n) is 10.8. The van der Waals surface area contributed by atoms with Gasteiger partial charge in [-0.25, -0.2) is 4.68 Å². The maximum atomic E-state index is 9.39. The van der Waals surface area contributed by atoms with Crippen LogP contribution in [0.3, 0.4) is 0 Å². The maximum absolute atomic E-state index is 9.39. The quantitative estimate of drug-likeness (QED) is 0.913. The van der Waals surface area contributed by atoms with Crippen LogP contribution in [0.4, 0.5) is 0 Å².